The van der Waals surface area contributed by atoms with Gasteiger partial charge in [-0.1, -0.05) is 37.2 Å². The topological polar surface area (TPSA) is 203 Å². The molecule has 294 valence electrons. The van der Waals surface area contributed by atoms with Crippen molar-refractivity contribution in [2.75, 3.05) is 40.3 Å². The zero-order valence-electron chi connectivity index (χ0n) is 32.2. The molecule has 3 atom stereocenters. The van der Waals surface area contributed by atoms with Gasteiger partial charge in [-0.3, -0.25) is 28.8 Å². The molecule has 0 saturated carbocycles. The summed E-state index contributed by atoms with van der Waals surface area (Å²) < 4.78 is 5.24. The van der Waals surface area contributed by atoms with Gasteiger partial charge in [-0.2, -0.15) is 0 Å². The summed E-state index contributed by atoms with van der Waals surface area (Å²) in [6.45, 7) is 8.35. The van der Waals surface area contributed by atoms with Crippen LogP contribution in [0.2, 0.25) is 0 Å². The predicted molar refractivity (Wildman–Crippen MR) is 205 cm³/mol. The average molecular weight is 776 g/mol. The molecule has 0 spiro atoms. The van der Waals surface area contributed by atoms with Gasteiger partial charge in [-0.25, -0.2) is 4.98 Å². The lowest BCUT2D eigenvalue weighted by atomic mass is 10.0. The second kappa shape index (κ2) is 17.7. The molecule has 2 bridgehead atoms. The third kappa shape index (κ3) is 10.1. The molecule has 0 saturated heterocycles. The van der Waals surface area contributed by atoms with Crippen LogP contribution >= 0.6 is 11.3 Å². The predicted octanol–water partition coefficient (Wildman–Crippen LogP) is 2.28. The second-order valence-corrected chi connectivity index (χ2v) is 15.3. The van der Waals surface area contributed by atoms with Gasteiger partial charge in [-0.15, -0.1) is 11.3 Å². The Labute approximate surface area is 323 Å². The van der Waals surface area contributed by atoms with Crippen LogP contribution in [-0.4, -0.2) is 118 Å². The Morgan fingerprint density at radius 1 is 0.945 bits per heavy atom. The molecule has 17 heteroatoms. The van der Waals surface area contributed by atoms with Gasteiger partial charge in [-0.05, 0) is 44.7 Å². The quantitative estimate of drug-likeness (QED) is 0.227. The van der Waals surface area contributed by atoms with Crippen LogP contribution in [0.25, 0.3) is 10.9 Å². The van der Waals surface area contributed by atoms with E-state index in [-0.39, 0.29) is 56.5 Å². The number of benzene rings is 1. The normalized spacial score (nSPS) is 20.0. The number of amides is 6. The van der Waals surface area contributed by atoms with Gasteiger partial charge in [0.25, 0.3) is 5.91 Å². The lowest BCUT2D eigenvalue weighted by Gasteiger charge is -2.28. The summed E-state index contributed by atoms with van der Waals surface area (Å²) in [5.74, 6) is -2.33. The Morgan fingerprint density at radius 2 is 1.67 bits per heavy atom. The highest BCUT2D eigenvalue weighted by Gasteiger charge is 2.31. The van der Waals surface area contributed by atoms with E-state index in [1.165, 1.54) is 40.0 Å². The minimum absolute atomic E-state index is 0.0179. The van der Waals surface area contributed by atoms with Crippen LogP contribution in [0.15, 0.2) is 40.4 Å². The summed E-state index contributed by atoms with van der Waals surface area (Å²) in [7, 11) is 3.00. The summed E-state index contributed by atoms with van der Waals surface area (Å²) in [6.07, 6.45) is 2.34. The monoisotopic (exact) mass is 775 g/mol. The molecular formula is C38H49N9O7S. The number of thiazole rings is 1. The number of fused-ring (bicyclic) bond motifs is 3. The third-order valence-corrected chi connectivity index (χ3v) is 10.5. The van der Waals surface area contributed by atoms with Gasteiger partial charge in [0.05, 0.1) is 31.2 Å². The maximum Gasteiger partial charge on any atom is 0.271 e. The standard InChI is InChI=1S/C38H49N9O7S/c1-21(2)14-29-36-43-31(20-55-36)35(51)42-30(15-25-17-39-28-11-9-8-10-26(25)28)38(53)46(7)18-32(48)40-23(4)37(52)45(6)12-13-47(19-33(49)41-29)34(50)16-27-22(3)44-54-24(27)5/h8-11,17,20-21,23,29-30,39H,12-16,18-19H2,1-7H3,(H,40,48)(H,41,49)(H,42,51)/t23-,29-,30+/m0/s1. The van der Waals surface area contributed by atoms with Crippen molar-refractivity contribution in [3.05, 3.63) is 69.1 Å². The average Bonchev–Trinajstić information content (AvgIpc) is 3.87. The molecule has 0 fully saturated rings. The molecule has 1 aliphatic rings. The first-order chi connectivity index (χ1) is 26.1. The van der Waals surface area contributed by atoms with E-state index in [9.17, 15) is 28.8 Å². The highest BCUT2D eigenvalue weighted by Crippen LogP contribution is 2.26. The van der Waals surface area contributed by atoms with Crippen LogP contribution in [0.3, 0.4) is 0 Å². The third-order valence-electron chi connectivity index (χ3n) is 9.58. The molecule has 4 aromatic rings. The molecule has 0 radical (unpaired) electrons. The summed E-state index contributed by atoms with van der Waals surface area (Å²) >= 11 is 1.20. The number of aryl methyl sites for hydroxylation is 2. The maximum atomic E-state index is 13.9. The summed E-state index contributed by atoms with van der Waals surface area (Å²) in [6, 6.07) is 4.97. The fraction of sp³-hybridized carbons (Fsp3) is 0.474. The van der Waals surface area contributed by atoms with E-state index in [1.807, 2.05) is 38.1 Å². The van der Waals surface area contributed by atoms with Crippen molar-refractivity contribution in [3.8, 4) is 0 Å². The van der Waals surface area contributed by atoms with Crippen molar-refractivity contribution >= 4 is 57.7 Å². The van der Waals surface area contributed by atoms with Crippen LogP contribution in [-0.2, 0) is 36.8 Å². The highest BCUT2D eigenvalue weighted by molar-refractivity contribution is 7.09. The fourth-order valence-corrected chi connectivity index (χ4v) is 7.40. The molecule has 4 heterocycles. The van der Waals surface area contributed by atoms with Crippen LogP contribution in [0.5, 0.6) is 0 Å². The fourth-order valence-electron chi connectivity index (χ4n) is 6.54. The summed E-state index contributed by atoms with van der Waals surface area (Å²) in [4.78, 5) is 93.4. The SMILES string of the molecule is Cc1noc(C)c1CC(=O)N1CCN(C)C(=O)[C@H](C)NC(=O)CN(C)C(=O)[C@@H](Cc2c[nH]c3ccccc23)NC(=O)c2csc(n2)[C@H](CC(C)C)NC(=O)C1. The molecule has 1 aromatic carbocycles. The van der Waals surface area contributed by atoms with E-state index < -0.39 is 47.7 Å². The lowest BCUT2D eigenvalue weighted by molar-refractivity contribution is -0.139. The van der Waals surface area contributed by atoms with E-state index >= 15 is 0 Å². The number of para-hydroxylation sites is 1. The van der Waals surface area contributed by atoms with Crippen molar-refractivity contribution in [1.29, 1.82) is 0 Å². The minimum atomic E-state index is -1.07. The summed E-state index contributed by atoms with van der Waals surface area (Å²) in [5.41, 5.74) is 2.90. The van der Waals surface area contributed by atoms with Crippen LogP contribution < -0.4 is 16.0 Å². The molecule has 1 aliphatic heterocycles. The Morgan fingerprint density at radius 3 is 2.38 bits per heavy atom. The molecule has 3 aromatic heterocycles. The molecule has 4 N–H and O–H groups in total. The van der Waals surface area contributed by atoms with Gasteiger partial charge in [0.15, 0.2) is 0 Å². The van der Waals surface area contributed by atoms with E-state index in [2.05, 4.69) is 31.1 Å². The smallest absolute Gasteiger partial charge is 0.271 e. The Hall–Kier alpha value is -5.58. The van der Waals surface area contributed by atoms with Gasteiger partial charge in [0.2, 0.25) is 29.5 Å². The van der Waals surface area contributed by atoms with Gasteiger partial charge in [0, 0.05) is 61.6 Å². The van der Waals surface area contributed by atoms with Crippen molar-refractivity contribution in [2.45, 2.75) is 72.0 Å². The molecule has 6 amide bonds. The summed E-state index contributed by atoms with van der Waals surface area (Å²) in [5, 5.41) is 15.4. The van der Waals surface area contributed by atoms with Gasteiger partial charge < -0.3 is 40.2 Å². The van der Waals surface area contributed by atoms with Crippen LogP contribution in [0.4, 0.5) is 0 Å². The Kier molecular flexibility index (Phi) is 13.1. The molecule has 55 heavy (non-hydrogen) atoms. The van der Waals surface area contributed by atoms with Gasteiger partial charge >= 0.3 is 0 Å². The largest absolute Gasteiger partial charge is 0.361 e. The highest BCUT2D eigenvalue weighted by atomic mass is 32.1. The molecule has 0 unspecified atom stereocenters. The maximum absolute atomic E-state index is 13.9. The first-order valence-corrected chi connectivity index (χ1v) is 19.1. The number of nitrogens with one attached hydrogen (secondary N) is 4. The number of nitrogens with zero attached hydrogens (tertiary/aromatic N) is 5. The second-order valence-electron chi connectivity index (χ2n) is 14.4. The van der Waals surface area contributed by atoms with Crippen LogP contribution in [0.1, 0.15) is 71.3 Å². The number of aromatic nitrogens is 3. The van der Waals surface area contributed by atoms with E-state index in [4.69, 9.17) is 4.52 Å². The number of hydrogen-bond acceptors (Lipinski definition) is 10. The number of carbonyl (C=O) groups is 6. The van der Waals surface area contributed by atoms with Crippen molar-refractivity contribution in [1.82, 2.24) is 45.8 Å². The Bertz CT molecular complexity index is 2030. The van der Waals surface area contributed by atoms with Crippen molar-refractivity contribution in [3.63, 3.8) is 0 Å². The van der Waals surface area contributed by atoms with Crippen LogP contribution in [0, 0.1) is 19.8 Å². The van der Waals surface area contributed by atoms with Crippen molar-refractivity contribution in [2.24, 2.45) is 5.92 Å². The number of carbonyl (C=O) groups excluding carboxylic acids is 6. The Balaban J connectivity index is 1.46. The number of aromatic amines is 1. The first kappa shape index (κ1) is 40.6. The van der Waals surface area contributed by atoms with E-state index in [1.54, 1.807) is 32.5 Å². The molecule has 16 nitrogen and oxygen atoms in total. The first-order valence-electron chi connectivity index (χ1n) is 18.2. The lowest BCUT2D eigenvalue weighted by Crippen LogP contribution is -2.53. The minimum Gasteiger partial charge on any atom is -0.361 e. The molecule has 5 rings (SSSR count). The van der Waals surface area contributed by atoms with Gasteiger partial charge in [0.1, 0.15) is 28.5 Å². The molecular weight excluding hydrogens is 727 g/mol. The zero-order valence-corrected chi connectivity index (χ0v) is 33.0. The number of rotatable bonds is 6. The zero-order chi connectivity index (χ0) is 40.0. The number of H-pyrrole nitrogens is 1. The van der Waals surface area contributed by atoms with Crippen molar-refractivity contribution < 1.29 is 33.3 Å². The number of likely N-dealkylation sites (N-methyl/N-ethyl adjacent to an activating group) is 2. The van der Waals surface area contributed by atoms with E-state index in [0.717, 1.165) is 16.5 Å². The molecule has 0 aliphatic carbocycles. The van der Waals surface area contributed by atoms with E-state index in [0.29, 0.717) is 28.4 Å². The number of hydrogen-bond donors (Lipinski definition) is 4.